The second kappa shape index (κ2) is 13.5. The van der Waals surface area contributed by atoms with E-state index in [1.807, 2.05) is 36.4 Å². The monoisotopic (exact) mass is 513 g/mol. The van der Waals surface area contributed by atoms with E-state index in [9.17, 15) is 22.8 Å². The van der Waals surface area contributed by atoms with Crippen LogP contribution in [-0.4, -0.2) is 30.1 Å². The molecule has 0 saturated heterocycles. The maximum atomic E-state index is 12.7. The molecule has 0 fully saturated rings. The molecule has 2 N–H and O–H groups in total. The van der Waals surface area contributed by atoms with Crippen molar-refractivity contribution >= 4 is 11.9 Å². The van der Waals surface area contributed by atoms with Crippen molar-refractivity contribution < 1.29 is 32.6 Å². The molecule has 0 aromatic heterocycles. The molecule has 0 aliphatic carbocycles. The number of aliphatic carboxylic acids is 1. The summed E-state index contributed by atoms with van der Waals surface area (Å²) in [5.41, 5.74) is 2.54. The van der Waals surface area contributed by atoms with Gasteiger partial charge in [0, 0.05) is 12.1 Å². The normalized spacial score (nSPS) is 11.2. The minimum Gasteiger partial charge on any atom is -0.494 e. The molecule has 8 heteroatoms. The topological polar surface area (TPSA) is 75.6 Å². The van der Waals surface area contributed by atoms with Crippen LogP contribution in [-0.2, 0) is 17.4 Å². The fraction of sp³-hybridized carbons (Fsp3) is 0.310. The Morgan fingerprint density at radius 2 is 1.38 bits per heavy atom. The molecule has 0 spiro atoms. The van der Waals surface area contributed by atoms with E-state index in [0.717, 1.165) is 61.1 Å². The smallest absolute Gasteiger partial charge is 0.416 e. The Labute approximate surface area is 214 Å². The highest BCUT2D eigenvalue weighted by molar-refractivity contribution is 5.94. The summed E-state index contributed by atoms with van der Waals surface area (Å²) in [7, 11) is 0. The van der Waals surface area contributed by atoms with Crippen molar-refractivity contribution in [3.63, 3.8) is 0 Å². The molecular formula is C29H30F3NO4. The van der Waals surface area contributed by atoms with Crippen molar-refractivity contribution in [1.29, 1.82) is 0 Å². The number of hydrogen-bond acceptors (Lipinski definition) is 3. The van der Waals surface area contributed by atoms with Gasteiger partial charge in [0.1, 0.15) is 5.75 Å². The molecule has 0 aliphatic rings. The zero-order valence-corrected chi connectivity index (χ0v) is 20.4. The van der Waals surface area contributed by atoms with E-state index in [0.29, 0.717) is 17.7 Å². The van der Waals surface area contributed by atoms with Crippen LogP contribution in [0.1, 0.15) is 53.6 Å². The SMILES string of the molecule is O=C(O)CCNC(=O)c1ccc(CCCCCCOc2ccc(-c3ccc(C(F)(F)F)cc3)cc2)cc1. The van der Waals surface area contributed by atoms with Gasteiger partial charge < -0.3 is 15.2 Å². The number of benzene rings is 3. The largest absolute Gasteiger partial charge is 0.494 e. The summed E-state index contributed by atoms with van der Waals surface area (Å²) < 4.78 is 43.9. The number of unbranched alkanes of at least 4 members (excludes halogenated alkanes) is 3. The molecule has 3 aromatic carbocycles. The zero-order chi connectivity index (χ0) is 26.7. The Hall–Kier alpha value is -3.81. The predicted molar refractivity (Wildman–Crippen MR) is 136 cm³/mol. The Balaban J connectivity index is 1.30. The van der Waals surface area contributed by atoms with E-state index in [1.165, 1.54) is 12.1 Å². The van der Waals surface area contributed by atoms with Gasteiger partial charge >= 0.3 is 12.1 Å². The van der Waals surface area contributed by atoms with Gasteiger partial charge in [-0.05, 0) is 72.4 Å². The zero-order valence-electron chi connectivity index (χ0n) is 20.4. The highest BCUT2D eigenvalue weighted by Gasteiger charge is 2.29. The average molecular weight is 514 g/mol. The first kappa shape index (κ1) is 27.8. The minimum atomic E-state index is -4.34. The van der Waals surface area contributed by atoms with Crippen LogP contribution in [0.3, 0.4) is 0 Å². The van der Waals surface area contributed by atoms with Crippen LogP contribution in [0, 0.1) is 0 Å². The third-order valence-corrected chi connectivity index (χ3v) is 5.87. The van der Waals surface area contributed by atoms with E-state index in [2.05, 4.69) is 5.32 Å². The number of ether oxygens (including phenoxy) is 1. The van der Waals surface area contributed by atoms with E-state index in [4.69, 9.17) is 9.84 Å². The van der Waals surface area contributed by atoms with E-state index < -0.39 is 17.7 Å². The Kier molecular flexibility index (Phi) is 10.1. The molecule has 0 radical (unpaired) electrons. The summed E-state index contributed by atoms with van der Waals surface area (Å²) in [6.45, 7) is 0.693. The van der Waals surface area contributed by atoms with Gasteiger partial charge in [0.05, 0.1) is 18.6 Å². The first-order valence-electron chi connectivity index (χ1n) is 12.2. The van der Waals surface area contributed by atoms with Crippen molar-refractivity contribution in [3.8, 4) is 16.9 Å². The average Bonchev–Trinajstić information content (AvgIpc) is 2.88. The number of rotatable bonds is 13. The van der Waals surface area contributed by atoms with Crippen molar-refractivity contribution in [2.45, 2.75) is 44.7 Å². The van der Waals surface area contributed by atoms with E-state index >= 15 is 0 Å². The Bertz CT molecular complexity index is 1140. The number of aryl methyl sites for hydroxylation is 1. The lowest BCUT2D eigenvalue weighted by molar-refractivity contribution is -0.138. The van der Waals surface area contributed by atoms with Gasteiger partial charge in [-0.15, -0.1) is 0 Å². The fourth-order valence-electron chi connectivity index (χ4n) is 3.78. The van der Waals surface area contributed by atoms with Gasteiger partial charge in [-0.1, -0.05) is 49.2 Å². The van der Waals surface area contributed by atoms with Crippen LogP contribution in [0.2, 0.25) is 0 Å². The number of hydrogen-bond donors (Lipinski definition) is 2. The standard InChI is InChI=1S/C29H30F3NO4/c30-29(31,32)25-14-10-22(11-15-25)23-12-16-26(17-13-23)37-20-4-2-1-3-5-21-6-8-24(9-7-21)28(36)33-19-18-27(34)35/h6-17H,1-5,18-20H2,(H,33,36)(H,34,35). The second-order valence-corrected chi connectivity index (χ2v) is 8.71. The van der Waals surface area contributed by atoms with Crippen LogP contribution in [0.4, 0.5) is 13.2 Å². The first-order chi connectivity index (χ1) is 17.7. The highest BCUT2D eigenvalue weighted by atomic mass is 19.4. The molecule has 0 unspecified atom stereocenters. The van der Waals surface area contributed by atoms with Crippen molar-refractivity contribution in [2.75, 3.05) is 13.2 Å². The summed E-state index contributed by atoms with van der Waals surface area (Å²) in [5.74, 6) is -0.500. The Morgan fingerprint density at radius 1 is 0.784 bits per heavy atom. The van der Waals surface area contributed by atoms with Gasteiger partial charge in [0.15, 0.2) is 0 Å². The Morgan fingerprint density at radius 3 is 1.97 bits per heavy atom. The molecule has 0 heterocycles. The molecule has 0 bridgehead atoms. The quantitative estimate of drug-likeness (QED) is 0.248. The van der Waals surface area contributed by atoms with Gasteiger partial charge in [-0.3, -0.25) is 9.59 Å². The van der Waals surface area contributed by atoms with Gasteiger partial charge in [0.25, 0.3) is 5.91 Å². The number of carbonyl (C=O) groups is 2. The minimum absolute atomic E-state index is 0.104. The third kappa shape index (κ3) is 9.29. The molecule has 0 saturated carbocycles. The molecule has 0 aliphatic heterocycles. The van der Waals surface area contributed by atoms with Crippen molar-refractivity contribution in [3.05, 3.63) is 89.5 Å². The van der Waals surface area contributed by atoms with Crippen molar-refractivity contribution in [2.24, 2.45) is 0 Å². The summed E-state index contributed by atoms with van der Waals surface area (Å²) >= 11 is 0. The lowest BCUT2D eigenvalue weighted by Gasteiger charge is -2.09. The highest BCUT2D eigenvalue weighted by Crippen LogP contribution is 2.31. The summed E-state index contributed by atoms with van der Waals surface area (Å²) in [6, 6.07) is 19.8. The number of carboxylic acid groups (broad SMARTS) is 1. The van der Waals surface area contributed by atoms with Crippen molar-refractivity contribution in [1.82, 2.24) is 5.32 Å². The van der Waals surface area contributed by atoms with Crippen LogP contribution in [0.5, 0.6) is 5.75 Å². The number of carbonyl (C=O) groups excluding carboxylic acids is 1. The molecule has 1 amide bonds. The number of halogens is 3. The molecule has 3 rings (SSSR count). The number of amides is 1. The molecule has 3 aromatic rings. The lowest BCUT2D eigenvalue weighted by Crippen LogP contribution is -2.25. The van der Waals surface area contributed by atoms with Crippen LogP contribution >= 0.6 is 0 Å². The maximum Gasteiger partial charge on any atom is 0.416 e. The number of carboxylic acids is 1. The maximum absolute atomic E-state index is 12.7. The molecule has 0 atom stereocenters. The lowest BCUT2D eigenvalue weighted by atomic mass is 10.0. The van der Waals surface area contributed by atoms with Crippen LogP contribution in [0.15, 0.2) is 72.8 Å². The third-order valence-electron chi connectivity index (χ3n) is 5.87. The van der Waals surface area contributed by atoms with E-state index in [1.54, 1.807) is 12.1 Å². The summed E-state index contributed by atoms with van der Waals surface area (Å²) in [5, 5.41) is 11.2. The van der Waals surface area contributed by atoms with Crippen LogP contribution in [0.25, 0.3) is 11.1 Å². The molecular weight excluding hydrogens is 483 g/mol. The van der Waals surface area contributed by atoms with Gasteiger partial charge in [-0.2, -0.15) is 13.2 Å². The van der Waals surface area contributed by atoms with Gasteiger partial charge in [0.2, 0.25) is 0 Å². The number of nitrogens with one attached hydrogen (secondary N) is 1. The fourth-order valence-corrected chi connectivity index (χ4v) is 3.78. The van der Waals surface area contributed by atoms with E-state index in [-0.39, 0.29) is 18.9 Å². The van der Waals surface area contributed by atoms with Gasteiger partial charge in [-0.25, -0.2) is 0 Å². The number of alkyl halides is 3. The molecule has 37 heavy (non-hydrogen) atoms. The summed E-state index contributed by atoms with van der Waals surface area (Å²) in [4.78, 5) is 22.5. The first-order valence-corrected chi connectivity index (χ1v) is 12.2. The summed E-state index contributed by atoms with van der Waals surface area (Å²) in [6.07, 6.45) is 0.470. The molecule has 196 valence electrons. The predicted octanol–water partition coefficient (Wildman–Crippen LogP) is 6.76. The second-order valence-electron chi connectivity index (χ2n) is 8.71. The molecule has 5 nitrogen and oxygen atoms in total. The van der Waals surface area contributed by atoms with Crippen LogP contribution < -0.4 is 10.1 Å².